The summed E-state index contributed by atoms with van der Waals surface area (Å²) >= 11 is 0. The molecule has 6 heteroatoms. The van der Waals surface area contributed by atoms with Gasteiger partial charge in [-0.25, -0.2) is 4.39 Å². The minimum absolute atomic E-state index is 0.0562. The first-order valence-corrected chi connectivity index (χ1v) is 6.78. The largest absolute Gasteiger partial charge is 0.494 e. The van der Waals surface area contributed by atoms with E-state index in [1.54, 1.807) is 10.7 Å². The van der Waals surface area contributed by atoms with Gasteiger partial charge in [-0.3, -0.25) is 4.68 Å². The Hall–Kier alpha value is -2.08. The van der Waals surface area contributed by atoms with E-state index in [2.05, 4.69) is 10.4 Å². The molecule has 5 nitrogen and oxygen atoms in total. The number of aromatic nitrogens is 2. The lowest BCUT2D eigenvalue weighted by Crippen LogP contribution is -2.07. The van der Waals surface area contributed by atoms with Gasteiger partial charge >= 0.3 is 0 Å². The van der Waals surface area contributed by atoms with Gasteiger partial charge in [0.2, 0.25) is 0 Å². The molecule has 1 heterocycles. The summed E-state index contributed by atoms with van der Waals surface area (Å²) in [5.74, 6) is 0.133. The fourth-order valence-electron chi connectivity index (χ4n) is 2.30. The van der Waals surface area contributed by atoms with E-state index < -0.39 is 0 Å². The quantitative estimate of drug-likeness (QED) is 0.857. The molecule has 2 N–H and O–H groups in total. The van der Waals surface area contributed by atoms with Gasteiger partial charge < -0.3 is 15.2 Å². The third-order valence-electron chi connectivity index (χ3n) is 3.46. The summed E-state index contributed by atoms with van der Waals surface area (Å²) in [5.41, 5.74) is 3.71. The molecule has 1 aromatic carbocycles. The number of hydrogen-bond acceptors (Lipinski definition) is 4. The van der Waals surface area contributed by atoms with Crippen molar-refractivity contribution in [1.29, 1.82) is 0 Å². The molecule has 0 spiro atoms. The van der Waals surface area contributed by atoms with Crippen molar-refractivity contribution in [3.63, 3.8) is 0 Å². The second-order valence-corrected chi connectivity index (χ2v) is 4.79. The van der Waals surface area contributed by atoms with Crippen LogP contribution in [0.15, 0.2) is 18.2 Å². The maximum atomic E-state index is 13.2. The lowest BCUT2D eigenvalue weighted by atomic mass is 10.2. The van der Waals surface area contributed by atoms with Crippen LogP contribution in [-0.2, 0) is 13.1 Å². The van der Waals surface area contributed by atoms with Crippen LogP contribution in [0, 0.1) is 19.7 Å². The highest BCUT2D eigenvalue weighted by molar-refractivity contribution is 5.56. The van der Waals surface area contributed by atoms with Crippen LogP contribution in [0.2, 0.25) is 0 Å². The summed E-state index contributed by atoms with van der Waals surface area (Å²) in [6, 6.07) is 4.38. The summed E-state index contributed by atoms with van der Waals surface area (Å²) < 4.78 is 20.1. The lowest BCUT2D eigenvalue weighted by Gasteiger charge is -2.11. The number of halogens is 1. The minimum Gasteiger partial charge on any atom is -0.494 e. The van der Waals surface area contributed by atoms with E-state index in [-0.39, 0.29) is 12.4 Å². The third kappa shape index (κ3) is 3.33. The van der Waals surface area contributed by atoms with Gasteiger partial charge in [0, 0.05) is 23.9 Å². The molecule has 0 aliphatic heterocycles. The Kier molecular flexibility index (Phi) is 4.80. The van der Waals surface area contributed by atoms with Crippen LogP contribution in [0.4, 0.5) is 10.1 Å². The zero-order chi connectivity index (χ0) is 15.4. The van der Waals surface area contributed by atoms with Crippen LogP contribution < -0.4 is 10.1 Å². The first kappa shape index (κ1) is 15.3. The molecule has 0 aliphatic carbocycles. The molecule has 114 valence electrons. The van der Waals surface area contributed by atoms with Crippen molar-refractivity contribution in [2.75, 3.05) is 19.0 Å². The summed E-state index contributed by atoms with van der Waals surface area (Å²) in [6.07, 6.45) is 0. The van der Waals surface area contributed by atoms with E-state index >= 15 is 0 Å². The van der Waals surface area contributed by atoms with E-state index in [9.17, 15) is 4.39 Å². The number of ether oxygens (including phenoxy) is 1. The van der Waals surface area contributed by atoms with Crippen LogP contribution >= 0.6 is 0 Å². The SMILES string of the molecule is COc1cc(F)ccc1NCc1c(C)nn(CCO)c1C. The Morgan fingerprint density at radius 1 is 1.38 bits per heavy atom. The van der Waals surface area contributed by atoms with Crippen molar-refractivity contribution in [1.82, 2.24) is 9.78 Å². The number of aryl methyl sites for hydroxylation is 1. The summed E-state index contributed by atoms with van der Waals surface area (Å²) in [4.78, 5) is 0. The van der Waals surface area contributed by atoms with Crippen LogP contribution in [-0.4, -0.2) is 28.6 Å². The van der Waals surface area contributed by atoms with Gasteiger partial charge in [0.25, 0.3) is 0 Å². The van der Waals surface area contributed by atoms with Crippen molar-refractivity contribution >= 4 is 5.69 Å². The van der Waals surface area contributed by atoms with Crippen LogP contribution in [0.5, 0.6) is 5.75 Å². The Balaban J connectivity index is 2.17. The molecule has 2 rings (SSSR count). The highest BCUT2D eigenvalue weighted by Gasteiger charge is 2.12. The molecule has 0 fully saturated rings. The molecule has 0 saturated heterocycles. The second-order valence-electron chi connectivity index (χ2n) is 4.79. The Bertz CT molecular complexity index is 626. The van der Waals surface area contributed by atoms with Gasteiger partial charge in [0.1, 0.15) is 11.6 Å². The molecule has 0 amide bonds. The molecule has 21 heavy (non-hydrogen) atoms. The molecule has 0 bridgehead atoms. The smallest absolute Gasteiger partial charge is 0.144 e. The van der Waals surface area contributed by atoms with Crippen molar-refractivity contribution in [2.45, 2.75) is 26.9 Å². The molecule has 0 aliphatic rings. The number of rotatable bonds is 6. The number of methoxy groups -OCH3 is 1. The molecule has 0 radical (unpaired) electrons. The fourth-order valence-corrected chi connectivity index (χ4v) is 2.30. The predicted octanol–water partition coefficient (Wildman–Crippen LogP) is 2.25. The number of benzene rings is 1. The Morgan fingerprint density at radius 2 is 2.14 bits per heavy atom. The number of aliphatic hydroxyl groups is 1. The molecule has 0 atom stereocenters. The summed E-state index contributed by atoms with van der Waals surface area (Å²) in [5, 5.41) is 16.6. The average Bonchev–Trinajstić information content (AvgIpc) is 2.73. The van der Waals surface area contributed by atoms with Crippen LogP contribution in [0.25, 0.3) is 0 Å². The maximum absolute atomic E-state index is 13.2. The molecule has 0 unspecified atom stereocenters. The highest BCUT2D eigenvalue weighted by atomic mass is 19.1. The lowest BCUT2D eigenvalue weighted by molar-refractivity contribution is 0.268. The number of anilines is 1. The van der Waals surface area contributed by atoms with Gasteiger partial charge in [0.05, 0.1) is 31.6 Å². The molecule has 0 saturated carbocycles. The predicted molar refractivity (Wildman–Crippen MR) is 79.1 cm³/mol. The van der Waals surface area contributed by atoms with Crippen LogP contribution in [0.1, 0.15) is 17.0 Å². The van der Waals surface area contributed by atoms with E-state index in [1.807, 2.05) is 13.8 Å². The van der Waals surface area contributed by atoms with E-state index in [1.165, 1.54) is 19.2 Å². The van der Waals surface area contributed by atoms with E-state index in [0.29, 0.717) is 18.8 Å². The first-order chi connectivity index (χ1) is 10.1. The highest BCUT2D eigenvalue weighted by Crippen LogP contribution is 2.26. The zero-order valence-electron chi connectivity index (χ0n) is 12.5. The summed E-state index contributed by atoms with van der Waals surface area (Å²) in [7, 11) is 1.51. The molecular formula is C15H20FN3O2. The van der Waals surface area contributed by atoms with Crippen molar-refractivity contribution in [3.05, 3.63) is 41.0 Å². The topological polar surface area (TPSA) is 59.3 Å². The summed E-state index contributed by atoms with van der Waals surface area (Å²) in [6.45, 7) is 4.99. The van der Waals surface area contributed by atoms with Gasteiger partial charge in [-0.2, -0.15) is 5.10 Å². The molecular weight excluding hydrogens is 273 g/mol. The normalized spacial score (nSPS) is 10.7. The number of aliphatic hydroxyl groups excluding tert-OH is 1. The van der Waals surface area contributed by atoms with Gasteiger partial charge in [0.15, 0.2) is 0 Å². The van der Waals surface area contributed by atoms with E-state index in [0.717, 1.165) is 22.6 Å². The Labute approximate surface area is 123 Å². The van der Waals surface area contributed by atoms with Crippen molar-refractivity contribution < 1.29 is 14.2 Å². The minimum atomic E-state index is -0.333. The van der Waals surface area contributed by atoms with Gasteiger partial charge in [-0.15, -0.1) is 0 Å². The van der Waals surface area contributed by atoms with Crippen LogP contribution in [0.3, 0.4) is 0 Å². The van der Waals surface area contributed by atoms with Crippen molar-refractivity contribution in [3.8, 4) is 5.75 Å². The maximum Gasteiger partial charge on any atom is 0.144 e. The average molecular weight is 293 g/mol. The number of hydrogen-bond donors (Lipinski definition) is 2. The zero-order valence-corrected chi connectivity index (χ0v) is 12.5. The third-order valence-corrected chi connectivity index (χ3v) is 3.46. The standard InChI is InChI=1S/C15H20FN3O2/c1-10-13(11(2)19(18-10)6-7-20)9-17-14-5-4-12(16)8-15(14)21-3/h4-5,8,17,20H,6-7,9H2,1-3H3. The number of nitrogens with one attached hydrogen (secondary N) is 1. The van der Waals surface area contributed by atoms with Gasteiger partial charge in [-0.05, 0) is 26.0 Å². The first-order valence-electron chi connectivity index (χ1n) is 6.78. The number of nitrogens with zero attached hydrogens (tertiary/aromatic N) is 2. The van der Waals surface area contributed by atoms with E-state index in [4.69, 9.17) is 9.84 Å². The molecule has 1 aromatic heterocycles. The second kappa shape index (κ2) is 6.58. The Morgan fingerprint density at radius 3 is 2.81 bits per heavy atom. The van der Waals surface area contributed by atoms with Gasteiger partial charge in [-0.1, -0.05) is 0 Å². The fraction of sp³-hybridized carbons (Fsp3) is 0.400. The van der Waals surface area contributed by atoms with Crippen molar-refractivity contribution in [2.24, 2.45) is 0 Å². The monoisotopic (exact) mass is 293 g/mol. The molecule has 2 aromatic rings.